The maximum atomic E-state index is 12.9. The van der Waals surface area contributed by atoms with E-state index in [1.807, 2.05) is 23.6 Å². The lowest BCUT2D eigenvalue weighted by Gasteiger charge is -2.56. The highest BCUT2D eigenvalue weighted by molar-refractivity contribution is 6.31. The topological polar surface area (TPSA) is 38.1 Å². The fraction of sp³-hybridized carbons (Fsp3) is 0.789. The number of nitrogens with zero attached hydrogens (tertiary/aromatic N) is 3. The molecule has 5 heteroatoms. The van der Waals surface area contributed by atoms with Gasteiger partial charge in [-0.15, -0.1) is 0 Å². The van der Waals surface area contributed by atoms with Gasteiger partial charge >= 0.3 is 0 Å². The summed E-state index contributed by atoms with van der Waals surface area (Å²) in [6, 6.07) is 0. The van der Waals surface area contributed by atoms with Crippen molar-refractivity contribution in [2.45, 2.75) is 65.0 Å². The first-order valence-electron chi connectivity index (χ1n) is 9.42. The van der Waals surface area contributed by atoms with Gasteiger partial charge in [0.1, 0.15) is 0 Å². The van der Waals surface area contributed by atoms with E-state index < -0.39 is 0 Å². The summed E-state index contributed by atoms with van der Waals surface area (Å²) in [4.78, 5) is 14.8. The second-order valence-electron chi connectivity index (χ2n) is 8.60. The second-order valence-corrected chi connectivity index (χ2v) is 9.01. The van der Waals surface area contributed by atoms with E-state index in [9.17, 15) is 4.79 Å². The number of amides is 1. The minimum atomic E-state index is 0.275. The van der Waals surface area contributed by atoms with Crippen LogP contribution in [-0.2, 0) is 17.9 Å². The number of hydrogen-bond donors (Lipinski definition) is 0. The van der Waals surface area contributed by atoms with Crippen LogP contribution in [0.1, 0.15) is 57.6 Å². The van der Waals surface area contributed by atoms with Gasteiger partial charge in [-0.3, -0.25) is 9.48 Å². The van der Waals surface area contributed by atoms with Gasteiger partial charge in [0.15, 0.2) is 0 Å². The van der Waals surface area contributed by atoms with Gasteiger partial charge in [0.2, 0.25) is 5.91 Å². The van der Waals surface area contributed by atoms with Crippen LogP contribution in [0.3, 0.4) is 0 Å². The molecule has 4 aliphatic carbocycles. The monoisotopic (exact) mass is 349 g/mol. The van der Waals surface area contributed by atoms with Crippen molar-refractivity contribution in [1.82, 2.24) is 14.7 Å². The zero-order valence-corrected chi connectivity index (χ0v) is 15.6. The predicted octanol–water partition coefficient (Wildman–Crippen LogP) is 4.12. The molecule has 1 aromatic heterocycles. The van der Waals surface area contributed by atoms with Crippen molar-refractivity contribution in [1.29, 1.82) is 0 Å². The highest BCUT2D eigenvalue weighted by Gasteiger charge is 2.51. The maximum absolute atomic E-state index is 12.9. The third-order valence-electron chi connectivity index (χ3n) is 6.70. The third-order valence-corrected chi connectivity index (χ3v) is 7.02. The average molecular weight is 350 g/mol. The van der Waals surface area contributed by atoms with Crippen LogP contribution in [-0.4, -0.2) is 27.6 Å². The van der Waals surface area contributed by atoms with Crippen LogP contribution in [0, 0.1) is 23.2 Å². The smallest absolute Gasteiger partial charge is 0.223 e. The molecule has 132 valence electrons. The normalized spacial score (nSPS) is 33.9. The van der Waals surface area contributed by atoms with Gasteiger partial charge in [-0.2, -0.15) is 5.10 Å². The van der Waals surface area contributed by atoms with Crippen molar-refractivity contribution in [2.75, 3.05) is 7.05 Å². The van der Waals surface area contributed by atoms with Crippen molar-refractivity contribution in [3.05, 3.63) is 16.9 Å². The van der Waals surface area contributed by atoms with Gasteiger partial charge in [-0.05, 0) is 68.6 Å². The molecule has 1 aromatic rings. The zero-order chi connectivity index (χ0) is 16.9. The van der Waals surface area contributed by atoms with Crippen molar-refractivity contribution in [3.8, 4) is 0 Å². The van der Waals surface area contributed by atoms with Gasteiger partial charge in [0, 0.05) is 20.0 Å². The highest BCUT2D eigenvalue weighted by Crippen LogP contribution is 2.61. The van der Waals surface area contributed by atoms with Gasteiger partial charge in [0.25, 0.3) is 0 Å². The summed E-state index contributed by atoms with van der Waals surface area (Å²) in [5, 5.41) is 4.93. The van der Waals surface area contributed by atoms with E-state index in [-0.39, 0.29) is 5.91 Å². The minimum Gasteiger partial charge on any atom is -0.340 e. The summed E-state index contributed by atoms with van der Waals surface area (Å²) in [6.07, 6.45) is 10.5. The Labute approximate surface area is 149 Å². The Morgan fingerprint density at radius 3 is 2.42 bits per heavy atom. The molecule has 4 saturated carbocycles. The Hall–Kier alpha value is -1.03. The summed E-state index contributed by atoms with van der Waals surface area (Å²) < 4.78 is 1.89. The lowest BCUT2D eigenvalue weighted by molar-refractivity contribution is -0.138. The molecular weight excluding hydrogens is 322 g/mol. The summed E-state index contributed by atoms with van der Waals surface area (Å²) in [5.41, 5.74) is 1.25. The number of halogens is 1. The van der Waals surface area contributed by atoms with E-state index in [1.54, 1.807) is 6.20 Å². The predicted molar refractivity (Wildman–Crippen MR) is 94.6 cm³/mol. The fourth-order valence-electron chi connectivity index (χ4n) is 6.09. The fourth-order valence-corrected chi connectivity index (χ4v) is 6.29. The van der Waals surface area contributed by atoms with Crippen LogP contribution >= 0.6 is 11.6 Å². The molecule has 0 N–H and O–H groups in total. The number of carbonyl (C=O) groups excluding carboxylic acids is 1. The van der Waals surface area contributed by atoms with Crippen LogP contribution in [0.2, 0.25) is 5.02 Å². The molecule has 4 fully saturated rings. The Morgan fingerprint density at radius 2 is 1.88 bits per heavy atom. The standard InChI is InChI=1S/C19H28ClN3O/c1-3-23-17(16(20)11-21-23)12-22(2)18(24)10-19-7-13-4-14(8-19)6-15(5-13)9-19/h11,13-15H,3-10,12H2,1-2H3. The summed E-state index contributed by atoms with van der Waals surface area (Å²) in [6.45, 7) is 3.38. The SMILES string of the molecule is CCn1ncc(Cl)c1CN(C)C(=O)CC12CC3CC(CC(C3)C1)C2. The first-order chi connectivity index (χ1) is 11.5. The molecular formula is C19H28ClN3O. The molecule has 0 unspecified atom stereocenters. The Balaban J connectivity index is 1.43. The molecule has 5 rings (SSSR count). The van der Waals surface area contributed by atoms with Crippen LogP contribution < -0.4 is 0 Å². The van der Waals surface area contributed by atoms with Crippen LogP contribution in [0.5, 0.6) is 0 Å². The molecule has 0 saturated heterocycles. The van der Waals surface area contributed by atoms with E-state index in [0.717, 1.165) is 36.4 Å². The average Bonchev–Trinajstić information content (AvgIpc) is 2.85. The molecule has 1 heterocycles. The highest BCUT2D eigenvalue weighted by atomic mass is 35.5. The summed E-state index contributed by atoms with van der Waals surface area (Å²) in [5.74, 6) is 2.96. The maximum Gasteiger partial charge on any atom is 0.223 e. The van der Waals surface area contributed by atoms with Gasteiger partial charge in [0.05, 0.1) is 23.5 Å². The molecule has 1 amide bonds. The first-order valence-corrected chi connectivity index (χ1v) is 9.80. The van der Waals surface area contributed by atoms with Gasteiger partial charge in [-0.1, -0.05) is 11.6 Å². The molecule has 0 radical (unpaired) electrons. The minimum absolute atomic E-state index is 0.275. The van der Waals surface area contributed by atoms with Gasteiger partial charge in [-0.25, -0.2) is 0 Å². The molecule has 0 atom stereocenters. The third kappa shape index (κ3) is 2.87. The first kappa shape index (κ1) is 16.4. The van der Waals surface area contributed by atoms with Crippen molar-refractivity contribution in [3.63, 3.8) is 0 Å². The quantitative estimate of drug-likeness (QED) is 0.801. The lowest BCUT2D eigenvalue weighted by Crippen LogP contribution is -2.48. The number of carbonyl (C=O) groups is 1. The molecule has 4 aliphatic rings. The van der Waals surface area contributed by atoms with E-state index in [0.29, 0.717) is 17.0 Å². The Bertz CT molecular complexity index is 603. The van der Waals surface area contributed by atoms with Crippen molar-refractivity contribution >= 4 is 17.5 Å². The van der Waals surface area contributed by atoms with Gasteiger partial charge < -0.3 is 4.90 Å². The number of rotatable bonds is 5. The Kier molecular flexibility index (Phi) is 4.14. The number of aryl methyl sites for hydroxylation is 1. The summed E-state index contributed by atoms with van der Waals surface area (Å²) >= 11 is 6.25. The molecule has 24 heavy (non-hydrogen) atoms. The second kappa shape index (κ2) is 6.05. The van der Waals surface area contributed by atoms with E-state index in [4.69, 9.17) is 11.6 Å². The Morgan fingerprint density at radius 1 is 1.29 bits per heavy atom. The van der Waals surface area contributed by atoms with E-state index >= 15 is 0 Å². The molecule has 0 aromatic carbocycles. The van der Waals surface area contributed by atoms with E-state index in [1.165, 1.54) is 38.5 Å². The molecule has 4 nitrogen and oxygen atoms in total. The van der Waals surface area contributed by atoms with Crippen LogP contribution in [0.4, 0.5) is 0 Å². The largest absolute Gasteiger partial charge is 0.340 e. The molecule has 4 bridgehead atoms. The van der Waals surface area contributed by atoms with E-state index in [2.05, 4.69) is 5.10 Å². The van der Waals surface area contributed by atoms with Crippen molar-refractivity contribution in [2.24, 2.45) is 23.2 Å². The molecule has 0 spiro atoms. The summed E-state index contributed by atoms with van der Waals surface area (Å²) in [7, 11) is 1.91. The molecule has 0 aliphatic heterocycles. The zero-order valence-electron chi connectivity index (χ0n) is 14.8. The van der Waals surface area contributed by atoms with Crippen LogP contribution in [0.25, 0.3) is 0 Å². The van der Waals surface area contributed by atoms with Crippen LogP contribution in [0.15, 0.2) is 6.20 Å². The van der Waals surface area contributed by atoms with Crippen molar-refractivity contribution < 1.29 is 4.79 Å². The number of aromatic nitrogens is 2. The number of hydrogen-bond acceptors (Lipinski definition) is 2. The lowest BCUT2D eigenvalue weighted by atomic mass is 9.49.